The van der Waals surface area contributed by atoms with Crippen molar-refractivity contribution in [2.75, 3.05) is 6.54 Å². The molecule has 0 saturated carbocycles. The Balaban J connectivity index is 1.62. The lowest BCUT2D eigenvalue weighted by Crippen LogP contribution is -2.58. The van der Waals surface area contributed by atoms with Crippen LogP contribution in [-0.4, -0.2) is 34.5 Å². The maximum atomic E-state index is 13.4. The first-order valence-corrected chi connectivity index (χ1v) is 11.1. The molecule has 0 aliphatic carbocycles. The molecule has 162 valence electrons. The van der Waals surface area contributed by atoms with Gasteiger partial charge in [0.2, 0.25) is 5.91 Å². The van der Waals surface area contributed by atoms with E-state index in [0.717, 1.165) is 4.88 Å². The van der Waals surface area contributed by atoms with E-state index in [-0.39, 0.29) is 35.3 Å². The molecule has 9 heteroatoms. The third kappa shape index (κ3) is 4.65. The largest absolute Gasteiger partial charge is 0.355 e. The van der Waals surface area contributed by atoms with E-state index in [4.69, 9.17) is 16.1 Å². The van der Waals surface area contributed by atoms with Crippen molar-refractivity contribution in [2.45, 2.75) is 32.4 Å². The van der Waals surface area contributed by atoms with Gasteiger partial charge in [-0.2, -0.15) is 0 Å². The van der Waals surface area contributed by atoms with E-state index in [1.807, 2.05) is 19.9 Å². The van der Waals surface area contributed by atoms with Gasteiger partial charge in [-0.05, 0) is 48.7 Å². The molecular weight excluding hydrogens is 441 g/mol. The van der Waals surface area contributed by atoms with Gasteiger partial charge in [0.25, 0.3) is 5.91 Å². The third-order valence-corrected chi connectivity index (χ3v) is 6.47. The second kappa shape index (κ2) is 8.80. The molecule has 1 aliphatic rings. The highest BCUT2D eigenvalue weighted by Gasteiger charge is 2.39. The molecule has 1 saturated heterocycles. The second-order valence-electron chi connectivity index (χ2n) is 7.89. The Bertz CT molecular complexity index is 1100. The number of piperazine rings is 1. The summed E-state index contributed by atoms with van der Waals surface area (Å²) in [4.78, 5) is 28.7. The summed E-state index contributed by atoms with van der Waals surface area (Å²) >= 11 is 7.43. The molecule has 3 heterocycles. The number of hydrogen-bond donors (Lipinski definition) is 1. The van der Waals surface area contributed by atoms with Gasteiger partial charge in [-0.1, -0.05) is 30.6 Å². The van der Waals surface area contributed by atoms with Gasteiger partial charge in [0.1, 0.15) is 11.9 Å². The van der Waals surface area contributed by atoms with Crippen molar-refractivity contribution >= 4 is 34.8 Å². The summed E-state index contributed by atoms with van der Waals surface area (Å²) < 4.78 is 19.1. The van der Waals surface area contributed by atoms with Crippen LogP contribution in [0.1, 0.15) is 41.7 Å². The van der Waals surface area contributed by atoms with Crippen molar-refractivity contribution in [3.05, 3.63) is 63.2 Å². The lowest BCUT2D eigenvalue weighted by molar-refractivity contribution is -0.130. The number of thiophene rings is 1. The number of carbonyl (C=O) groups excluding carboxylic acids is 2. The van der Waals surface area contributed by atoms with Crippen LogP contribution in [0.15, 0.2) is 47.0 Å². The summed E-state index contributed by atoms with van der Waals surface area (Å²) in [5.74, 6) is -0.386. The molecular formula is C22H21ClFN3O3S. The van der Waals surface area contributed by atoms with Crippen LogP contribution in [0.25, 0.3) is 11.3 Å². The van der Waals surface area contributed by atoms with Crippen molar-refractivity contribution in [2.24, 2.45) is 5.92 Å². The Kier molecular flexibility index (Phi) is 6.11. The average molecular weight is 462 g/mol. The first-order chi connectivity index (χ1) is 14.8. The maximum Gasteiger partial charge on any atom is 0.276 e. The summed E-state index contributed by atoms with van der Waals surface area (Å²) in [6, 6.07) is 9.91. The molecule has 2 aromatic heterocycles. The van der Waals surface area contributed by atoms with Gasteiger partial charge >= 0.3 is 0 Å². The van der Waals surface area contributed by atoms with Crippen LogP contribution in [0.4, 0.5) is 4.39 Å². The molecule has 4 rings (SSSR count). The number of halogens is 2. The Morgan fingerprint density at radius 2 is 2.06 bits per heavy atom. The average Bonchev–Trinajstić information content (AvgIpc) is 3.38. The van der Waals surface area contributed by atoms with E-state index in [9.17, 15) is 14.0 Å². The fourth-order valence-electron chi connectivity index (χ4n) is 3.63. The van der Waals surface area contributed by atoms with Crippen LogP contribution >= 0.6 is 22.9 Å². The normalized spacial score (nSPS) is 19.0. The van der Waals surface area contributed by atoms with Gasteiger partial charge in [-0.25, -0.2) is 4.39 Å². The molecule has 0 unspecified atom stereocenters. The highest BCUT2D eigenvalue weighted by molar-refractivity contribution is 7.16. The van der Waals surface area contributed by atoms with E-state index in [0.29, 0.717) is 28.6 Å². The van der Waals surface area contributed by atoms with Crippen LogP contribution in [0.3, 0.4) is 0 Å². The second-order valence-corrected chi connectivity index (χ2v) is 9.64. The quantitative estimate of drug-likeness (QED) is 0.585. The zero-order valence-electron chi connectivity index (χ0n) is 17.0. The number of benzene rings is 1. The summed E-state index contributed by atoms with van der Waals surface area (Å²) in [5, 5.41) is 6.93. The van der Waals surface area contributed by atoms with Gasteiger partial charge < -0.3 is 14.7 Å². The molecule has 6 nitrogen and oxygen atoms in total. The number of amides is 2. The van der Waals surface area contributed by atoms with E-state index in [2.05, 4.69) is 10.5 Å². The van der Waals surface area contributed by atoms with E-state index < -0.39 is 6.04 Å². The lowest BCUT2D eigenvalue weighted by atomic mass is 9.97. The summed E-state index contributed by atoms with van der Waals surface area (Å²) in [5.41, 5.74) is 0.708. The molecule has 2 amide bonds. The maximum absolute atomic E-state index is 13.4. The van der Waals surface area contributed by atoms with E-state index in [1.165, 1.54) is 29.5 Å². The molecule has 1 aromatic carbocycles. The predicted molar refractivity (Wildman–Crippen MR) is 116 cm³/mol. The molecule has 0 spiro atoms. The molecule has 1 fully saturated rings. The molecule has 1 aliphatic heterocycles. The molecule has 31 heavy (non-hydrogen) atoms. The molecule has 0 radical (unpaired) electrons. The van der Waals surface area contributed by atoms with Crippen LogP contribution in [0.2, 0.25) is 4.34 Å². The molecule has 0 bridgehead atoms. The SMILES string of the molecule is CC(C)C[C@H]1C(=O)N[C@H](c2ccc(Cl)s2)CN1C(=O)c1cc(-c2ccc(F)cc2)on1. The first kappa shape index (κ1) is 21.5. The van der Waals surface area contributed by atoms with Crippen molar-refractivity contribution in [3.63, 3.8) is 0 Å². The van der Waals surface area contributed by atoms with Crippen LogP contribution in [-0.2, 0) is 4.79 Å². The van der Waals surface area contributed by atoms with Crippen LogP contribution in [0.5, 0.6) is 0 Å². The van der Waals surface area contributed by atoms with Crippen molar-refractivity contribution < 1.29 is 18.5 Å². The molecule has 3 aromatic rings. The highest BCUT2D eigenvalue weighted by Crippen LogP contribution is 2.32. The summed E-state index contributed by atoms with van der Waals surface area (Å²) in [7, 11) is 0. The highest BCUT2D eigenvalue weighted by atomic mass is 35.5. The minimum atomic E-state index is -0.606. The fraction of sp³-hybridized carbons (Fsp3) is 0.318. The zero-order valence-corrected chi connectivity index (χ0v) is 18.5. The number of rotatable bonds is 5. The Labute approximate surface area is 188 Å². The number of nitrogens with one attached hydrogen (secondary N) is 1. The topological polar surface area (TPSA) is 75.4 Å². The van der Waals surface area contributed by atoms with Gasteiger partial charge in [0.15, 0.2) is 11.5 Å². The third-order valence-electron chi connectivity index (χ3n) is 5.13. The van der Waals surface area contributed by atoms with Crippen LogP contribution < -0.4 is 5.32 Å². The Hall–Kier alpha value is -2.71. The summed E-state index contributed by atoms with van der Waals surface area (Å²) in [6.45, 7) is 4.31. The lowest BCUT2D eigenvalue weighted by Gasteiger charge is -2.39. The molecule has 1 N–H and O–H groups in total. The minimum absolute atomic E-state index is 0.103. The van der Waals surface area contributed by atoms with Crippen molar-refractivity contribution in [1.29, 1.82) is 0 Å². The number of aromatic nitrogens is 1. The predicted octanol–water partition coefficient (Wildman–Crippen LogP) is 4.92. The smallest absolute Gasteiger partial charge is 0.276 e. The molecule has 2 atom stereocenters. The van der Waals surface area contributed by atoms with Gasteiger partial charge in [-0.15, -0.1) is 11.3 Å². The number of carbonyl (C=O) groups is 2. The van der Waals surface area contributed by atoms with Gasteiger partial charge in [0.05, 0.1) is 10.4 Å². The monoisotopic (exact) mass is 461 g/mol. The number of hydrogen-bond acceptors (Lipinski definition) is 5. The fourth-order valence-corrected chi connectivity index (χ4v) is 4.74. The first-order valence-electron chi connectivity index (χ1n) is 9.91. The number of nitrogens with zero attached hydrogens (tertiary/aromatic N) is 2. The van der Waals surface area contributed by atoms with Crippen molar-refractivity contribution in [3.8, 4) is 11.3 Å². The Morgan fingerprint density at radius 3 is 2.71 bits per heavy atom. The van der Waals surface area contributed by atoms with Crippen LogP contribution in [0, 0.1) is 11.7 Å². The standard InChI is InChI=1S/C22H21ClFN3O3S/c1-12(2)9-17-21(28)25-16(19-7-8-20(23)31-19)11-27(17)22(29)15-10-18(30-26-15)13-3-5-14(24)6-4-13/h3-8,10,12,16-17H,9,11H2,1-2H3,(H,25,28)/t16-,17-/m0/s1. The zero-order chi connectivity index (χ0) is 22.1. The van der Waals surface area contributed by atoms with Crippen molar-refractivity contribution in [1.82, 2.24) is 15.4 Å². The van der Waals surface area contributed by atoms with E-state index in [1.54, 1.807) is 23.1 Å². The van der Waals surface area contributed by atoms with Gasteiger partial charge in [0, 0.05) is 23.1 Å². The van der Waals surface area contributed by atoms with Gasteiger partial charge in [-0.3, -0.25) is 9.59 Å². The van der Waals surface area contributed by atoms with E-state index >= 15 is 0 Å². The minimum Gasteiger partial charge on any atom is -0.355 e. The summed E-state index contributed by atoms with van der Waals surface area (Å²) in [6.07, 6.45) is 0.526. The Morgan fingerprint density at radius 1 is 1.32 bits per heavy atom.